The molecule has 2 rings (SSSR count). The van der Waals surface area contributed by atoms with Gasteiger partial charge in [-0.15, -0.1) is 0 Å². The molecule has 1 aromatic carbocycles. The average Bonchev–Trinajstić information content (AvgIpc) is 2.75. The largest absolute Gasteiger partial charge is 0.385 e. The number of hydrogen-bond donors (Lipinski definition) is 2. The van der Waals surface area contributed by atoms with E-state index in [4.69, 9.17) is 16.3 Å². The van der Waals surface area contributed by atoms with Gasteiger partial charge in [0.15, 0.2) is 0 Å². The summed E-state index contributed by atoms with van der Waals surface area (Å²) in [7, 11) is 0. The van der Waals surface area contributed by atoms with Crippen molar-refractivity contribution in [3.8, 4) is 0 Å². The number of rotatable bonds is 4. The number of nitro groups is 1. The summed E-state index contributed by atoms with van der Waals surface area (Å²) >= 11 is 5.76. The van der Waals surface area contributed by atoms with Crippen molar-refractivity contribution >= 4 is 23.2 Å². The normalized spacial score (nSPS) is 24.8. The van der Waals surface area contributed by atoms with Gasteiger partial charge in [0, 0.05) is 42.3 Å². The summed E-state index contributed by atoms with van der Waals surface area (Å²) in [6, 6.07) is 3.64. The van der Waals surface area contributed by atoms with E-state index in [9.17, 15) is 20.0 Å². The highest BCUT2D eigenvalue weighted by Crippen LogP contribution is 2.25. The standard InChI is InChI=1S/C13H15ClN2O5/c1-8-13(18,2-3-21-8)7-15-12(17)9-4-10(14)6-11(5-9)16(19)20/h4-6,8,18H,2-3,7H2,1H3,(H,15,17). The minimum absolute atomic E-state index is 0.00725. The van der Waals surface area contributed by atoms with Crippen molar-refractivity contribution in [3.63, 3.8) is 0 Å². The van der Waals surface area contributed by atoms with E-state index in [1.165, 1.54) is 12.1 Å². The fourth-order valence-electron chi connectivity index (χ4n) is 2.15. The van der Waals surface area contributed by atoms with Crippen molar-refractivity contribution in [3.05, 3.63) is 38.9 Å². The first-order chi connectivity index (χ1) is 9.82. The molecule has 21 heavy (non-hydrogen) atoms. The van der Waals surface area contributed by atoms with Gasteiger partial charge in [-0.1, -0.05) is 11.6 Å². The highest BCUT2D eigenvalue weighted by molar-refractivity contribution is 6.31. The van der Waals surface area contributed by atoms with Gasteiger partial charge < -0.3 is 15.2 Å². The van der Waals surface area contributed by atoms with Crippen LogP contribution >= 0.6 is 11.6 Å². The molecule has 1 amide bonds. The molecule has 0 saturated carbocycles. The van der Waals surface area contributed by atoms with Gasteiger partial charge in [0.2, 0.25) is 0 Å². The van der Waals surface area contributed by atoms with Crippen LogP contribution in [0.2, 0.25) is 5.02 Å². The third kappa shape index (κ3) is 3.49. The van der Waals surface area contributed by atoms with Crippen molar-refractivity contribution in [1.29, 1.82) is 0 Å². The molecule has 0 aliphatic carbocycles. The summed E-state index contributed by atoms with van der Waals surface area (Å²) < 4.78 is 5.26. The molecule has 0 spiro atoms. The van der Waals surface area contributed by atoms with Gasteiger partial charge in [0.05, 0.1) is 11.0 Å². The topological polar surface area (TPSA) is 102 Å². The Hall–Kier alpha value is -1.70. The number of carbonyl (C=O) groups excluding carboxylic acids is 1. The lowest BCUT2D eigenvalue weighted by molar-refractivity contribution is -0.384. The molecule has 1 aliphatic rings. The monoisotopic (exact) mass is 314 g/mol. The van der Waals surface area contributed by atoms with Crippen molar-refractivity contribution in [2.24, 2.45) is 0 Å². The van der Waals surface area contributed by atoms with E-state index in [-0.39, 0.29) is 28.9 Å². The number of aliphatic hydroxyl groups is 1. The Labute approximate surface area is 126 Å². The Morgan fingerprint density at radius 1 is 1.62 bits per heavy atom. The summed E-state index contributed by atoms with van der Waals surface area (Å²) in [5.74, 6) is -0.534. The maximum absolute atomic E-state index is 12.0. The summed E-state index contributed by atoms with van der Waals surface area (Å²) in [5.41, 5.74) is -1.31. The van der Waals surface area contributed by atoms with Crippen molar-refractivity contribution < 1.29 is 19.6 Å². The second-order valence-electron chi connectivity index (χ2n) is 5.00. The number of ether oxygens (including phenoxy) is 1. The summed E-state index contributed by atoms with van der Waals surface area (Å²) in [6.07, 6.45) is 0.0379. The number of nitro benzene ring substituents is 1. The van der Waals surface area contributed by atoms with Gasteiger partial charge in [-0.3, -0.25) is 14.9 Å². The highest BCUT2D eigenvalue weighted by Gasteiger charge is 2.39. The van der Waals surface area contributed by atoms with Crippen LogP contribution in [0.3, 0.4) is 0 Å². The number of nitrogens with one attached hydrogen (secondary N) is 1. The molecule has 1 aliphatic heterocycles. The van der Waals surface area contributed by atoms with Crippen LogP contribution in [0.1, 0.15) is 23.7 Å². The number of amides is 1. The van der Waals surface area contributed by atoms with Gasteiger partial charge >= 0.3 is 0 Å². The van der Waals surface area contributed by atoms with Crippen LogP contribution in [0.15, 0.2) is 18.2 Å². The van der Waals surface area contributed by atoms with Crippen LogP contribution in [0, 0.1) is 10.1 Å². The fraction of sp³-hybridized carbons (Fsp3) is 0.462. The average molecular weight is 315 g/mol. The van der Waals surface area contributed by atoms with E-state index in [1.807, 2.05) is 0 Å². The van der Waals surface area contributed by atoms with Gasteiger partial charge in [0.1, 0.15) is 5.60 Å². The molecule has 0 aromatic heterocycles. The molecule has 7 nitrogen and oxygen atoms in total. The van der Waals surface area contributed by atoms with E-state index in [0.717, 1.165) is 6.07 Å². The van der Waals surface area contributed by atoms with Crippen molar-refractivity contribution in [1.82, 2.24) is 5.32 Å². The zero-order valence-corrected chi connectivity index (χ0v) is 12.1. The Bertz CT molecular complexity index is 580. The number of nitrogens with zero attached hydrogens (tertiary/aromatic N) is 1. The van der Waals surface area contributed by atoms with E-state index in [2.05, 4.69) is 5.32 Å². The van der Waals surface area contributed by atoms with Gasteiger partial charge in [-0.05, 0) is 13.0 Å². The fourth-order valence-corrected chi connectivity index (χ4v) is 2.38. The summed E-state index contributed by atoms with van der Waals surface area (Å²) in [5, 5.41) is 23.7. The first kappa shape index (κ1) is 15.7. The lowest BCUT2D eigenvalue weighted by Crippen LogP contribution is -2.47. The smallest absolute Gasteiger partial charge is 0.271 e. The highest BCUT2D eigenvalue weighted by atomic mass is 35.5. The Balaban J connectivity index is 2.08. The van der Waals surface area contributed by atoms with E-state index in [0.29, 0.717) is 13.0 Å². The van der Waals surface area contributed by atoms with E-state index < -0.39 is 16.4 Å². The molecular formula is C13H15ClN2O5. The minimum atomic E-state index is -1.12. The Morgan fingerprint density at radius 2 is 2.33 bits per heavy atom. The predicted molar refractivity (Wildman–Crippen MR) is 75.4 cm³/mol. The molecule has 1 fully saturated rings. The first-order valence-corrected chi connectivity index (χ1v) is 6.77. The number of non-ortho nitro benzene ring substituents is 1. The molecule has 8 heteroatoms. The number of carbonyl (C=O) groups is 1. The molecule has 2 N–H and O–H groups in total. The Kier molecular flexibility index (Phi) is 4.46. The molecule has 114 valence electrons. The van der Waals surface area contributed by atoms with E-state index in [1.54, 1.807) is 6.92 Å². The molecule has 2 atom stereocenters. The van der Waals surface area contributed by atoms with Crippen LogP contribution < -0.4 is 5.32 Å². The number of hydrogen-bond acceptors (Lipinski definition) is 5. The van der Waals surface area contributed by atoms with Crippen LogP contribution in [-0.4, -0.2) is 40.8 Å². The van der Waals surface area contributed by atoms with Gasteiger partial charge in [-0.2, -0.15) is 0 Å². The minimum Gasteiger partial charge on any atom is -0.385 e. The maximum atomic E-state index is 12.0. The SMILES string of the molecule is CC1OCCC1(O)CNC(=O)c1cc(Cl)cc([N+](=O)[O-])c1. The van der Waals surface area contributed by atoms with Crippen molar-refractivity contribution in [2.75, 3.05) is 13.2 Å². The molecule has 1 aromatic rings. The summed E-state index contributed by atoms with van der Waals surface area (Å²) in [4.78, 5) is 22.2. The van der Waals surface area contributed by atoms with Crippen molar-refractivity contribution in [2.45, 2.75) is 25.0 Å². The zero-order valence-electron chi connectivity index (χ0n) is 11.3. The molecule has 0 bridgehead atoms. The number of halogens is 1. The maximum Gasteiger partial charge on any atom is 0.271 e. The molecule has 2 unspecified atom stereocenters. The molecule has 1 heterocycles. The second-order valence-corrected chi connectivity index (χ2v) is 5.44. The molecule has 1 saturated heterocycles. The third-order valence-corrected chi connectivity index (χ3v) is 3.79. The number of benzene rings is 1. The predicted octanol–water partition coefficient (Wildman–Crippen LogP) is 1.52. The van der Waals surface area contributed by atoms with E-state index >= 15 is 0 Å². The quantitative estimate of drug-likeness (QED) is 0.648. The van der Waals surface area contributed by atoms with Gasteiger partial charge in [-0.25, -0.2) is 0 Å². The second kappa shape index (κ2) is 5.97. The molecular weight excluding hydrogens is 300 g/mol. The van der Waals surface area contributed by atoms with Crippen LogP contribution in [-0.2, 0) is 4.74 Å². The van der Waals surface area contributed by atoms with Crippen LogP contribution in [0.5, 0.6) is 0 Å². The Morgan fingerprint density at radius 3 is 2.90 bits per heavy atom. The lowest BCUT2D eigenvalue weighted by atomic mass is 9.96. The van der Waals surface area contributed by atoms with Crippen LogP contribution in [0.25, 0.3) is 0 Å². The molecule has 0 radical (unpaired) electrons. The summed E-state index contributed by atoms with van der Waals surface area (Å²) in [6.45, 7) is 2.16. The zero-order chi connectivity index (χ0) is 15.6. The first-order valence-electron chi connectivity index (χ1n) is 6.39. The lowest BCUT2D eigenvalue weighted by Gasteiger charge is -2.26. The third-order valence-electron chi connectivity index (χ3n) is 3.57. The van der Waals surface area contributed by atoms with Crippen LogP contribution in [0.4, 0.5) is 5.69 Å². The van der Waals surface area contributed by atoms with Gasteiger partial charge in [0.25, 0.3) is 11.6 Å².